The summed E-state index contributed by atoms with van der Waals surface area (Å²) < 4.78 is 0. The lowest BCUT2D eigenvalue weighted by Gasteiger charge is -2.23. The molecule has 102 valence electrons. The first-order valence-corrected chi connectivity index (χ1v) is 7.05. The molecule has 2 aromatic rings. The molecular formula is C18H18O2. The number of rotatable bonds is 2. The number of carbonyl (C=O) groups excluding carboxylic acids is 1. The van der Waals surface area contributed by atoms with Crippen molar-refractivity contribution in [3.63, 3.8) is 0 Å². The average Bonchev–Trinajstić information content (AvgIpc) is 2.42. The van der Waals surface area contributed by atoms with Gasteiger partial charge in [0.2, 0.25) is 0 Å². The smallest absolute Gasteiger partial charge is 0.166 e. The fraction of sp³-hybridized carbons (Fsp3) is 0.278. The highest BCUT2D eigenvalue weighted by Crippen LogP contribution is 2.30. The molecule has 0 bridgehead atoms. The molecule has 0 aliphatic heterocycles. The number of ketones is 1. The van der Waals surface area contributed by atoms with Crippen molar-refractivity contribution >= 4 is 5.78 Å². The quantitative estimate of drug-likeness (QED) is 0.900. The third kappa shape index (κ3) is 2.46. The van der Waals surface area contributed by atoms with Crippen LogP contribution in [0.2, 0.25) is 0 Å². The van der Waals surface area contributed by atoms with E-state index in [0.717, 1.165) is 30.4 Å². The topological polar surface area (TPSA) is 37.3 Å². The van der Waals surface area contributed by atoms with Crippen molar-refractivity contribution in [2.45, 2.75) is 26.2 Å². The van der Waals surface area contributed by atoms with Crippen LogP contribution in [0.5, 0.6) is 5.75 Å². The lowest BCUT2D eigenvalue weighted by molar-refractivity contribution is 0.0901. The number of fused-ring (bicyclic) bond motifs is 1. The van der Waals surface area contributed by atoms with Crippen LogP contribution in [0.3, 0.4) is 0 Å². The predicted octanol–water partition coefficient (Wildman–Crippen LogP) is 3.69. The van der Waals surface area contributed by atoms with E-state index >= 15 is 0 Å². The van der Waals surface area contributed by atoms with E-state index < -0.39 is 0 Å². The normalized spacial score (nSPS) is 17.9. The minimum absolute atomic E-state index is 0.0637. The molecule has 1 aliphatic carbocycles. The molecule has 0 saturated heterocycles. The van der Waals surface area contributed by atoms with Gasteiger partial charge in [0.05, 0.1) is 0 Å². The highest BCUT2D eigenvalue weighted by Gasteiger charge is 2.27. The number of hydrogen-bond acceptors (Lipinski definition) is 2. The molecule has 0 amide bonds. The SMILES string of the molecule is Cc1cccc(CC2CCc3cc(O)ccc3C2=O)c1. The molecule has 0 fully saturated rings. The maximum atomic E-state index is 12.5. The van der Waals surface area contributed by atoms with Crippen molar-refractivity contribution in [1.29, 1.82) is 0 Å². The molecule has 0 aromatic heterocycles. The summed E-state index contributed by atoms with van der Waals surface area (Å²) in [5, 5.41) is 9.49. The lowest BCUT2D eigenvalue weighted by Crippen LogP contribution is -2.24. The average molecular weight is 266 g/mol. The largest absolute Gasteiger partial charge is 0.508 e. The van der Waals surface area contributed by atoms with Gasteiger partial charge in [-0.1, -0.05) is 29.8 Å². The fourth-order valence-electron chi connectivity index (χ4n) is 3.03. The minimum Gasteiger partial charge on any atom is -0.508 e. The number of phenols is 1. The number of aromatic hydroxyl groups is 1. The monoisotopic (exact) mass is 266 g/mol. The fourth-order valence-corrected chi connectivity index (χ4v) is 3.03. The Bertz CT molecular complexity index is 658. The van der Waals surface area contributed by atoms with E-state index in [2.05, 4.69) is 25.1 Å². The van der Waals surface area contributed by atoms with Gasteiger partial charge in [-0.15, -0.1) is 0 Å². The van der Waals surface area contributed by atoms with E-state index in [1.807, 2.05) is 6.07 Å². The highest BCUT2D eigenvalue weighted by atomic mass is 16.3. The molecule has 1 unspecified atom stereocenters. The van der Waals surface area contributed by atoms with Crippen LogP contribution in [0.1, 0.15) is 33.5 Å². The molecule has 1 atom stereocenters. The number of Topliss-reactive ketones (excluding diaryl/α,β-unsaturated/α-hetero) is 1. The van der Waals surface area contributed by atoms with Crippen molar-refractivity contribution in [2.75, 3.05) is 0 Å². The van der Waals surface area contributed by atoms with Gasteiger partial charge >= 0.3 is 0 Å². The van der Waals surface area contributed by atoms with Crippen LogP contribution in [0.15, 0.2) is 42.5 Å². The molecule has 0 heterocycles. The van der Waals surface area contributed by atoms with Gasteiger partial charge in [0.25, 0.3) is 0 Å². The van der Waals surface area contributed by atoms with Gasteiger partial charge in [0.1, 0.15) is 5.75 Å². The molecule has 1 N–H and O–H groups in total. The van der Waals surface area contributed by atoms with Gasteiger partial charge in [0, 0.05) is 11.5 Å². The van der Waals surface area contributed by atoms with Crippen LogP contribution >= 0.6 is 0 Å². The van der Waals surface area contributed by atoms with Gasteiger partial charge in [-0.05, 0) is 55.5 Å². The van der Waals surface area contributed by atoms with E-state index in [4.69, 9.17) is 0 Å². The minimum atomic E-state index is 0.0637. The molecule has 0 saturated carbocycles. The van der Waals surface area contributed by atoms with Crippen LogP contribution in [0, 0.1) is 12.8 Å². The summed E-state index contributed by atoms with van der Waals surface area (Å²) in [6, 6.07) is 13.4. The van der Waals surface area contributed by atoms with Gasteiger partial charge in [0.15, 0.2) is 5.78 Å². The zero-order valence-electron chi connectivity index (χ0n) is 11.6. The van der Waals surface area contributed by atoms with Crippen LogP contribution < -0.4 is 0 Å². The second kappa shape index (κ2) is 5.12. The van der Waals surface area contributed by atoms with E-state index in [0.29, 0.717) is 0 Å². The Kier molecular flexibility index (Phi) is 3.31. The van der Waals surface area contributed by atoms with Crippen LogP contribution in [-0.2, 0) is 12.8 Å². The molecule has 2 heteroatoms. The van der Waals surface area contributed by atoms with Crippen molar-refractivity contribution in [3.8, 4) is 5.75 Å². The summed E-state index contributed by atoms with van der Waals surface area (Å²) in [7, 11) is 0. The van der Waals surface area contributed by atoms with Crippen molar-refractivity contribution in [3.05, 3.63) is 64.7 Å². The third-order valence-corrected chi connectivity index (χ3v) is 4.05. The number of hydrogen-bond donors (Lipinski definition) is 1. The van der Waals surface area contributed by atoms with Gasteiger partial charge in [-0.25, -0.2) is 0 Å². The van der Waals surface area contributed by atoms with E-state index in [9.17, 15) is 9.90 Å². The molecule has 0 spiro atoms. The van der Waals surface area contributed by atoms with E-state index in [1.54, 1.807) is 18.2 Å². The summed E-state index contributed by atoms with van der Waals surface area (Å²) in [6.45, 7) is 2.07. The summed E-state index contributed by atoms with van der Waals surface area (Å²) in [5.74, 6) is 0.523. The molecule has 3 rings (SSSR count). The van der Waals surface area contributed by atoms with Crippen molar-refractivity contribution in [1.82, 2.24) is 0 Å². The Morgan fingerprint density at radius 3 is 2.85 bits per heavy atom. The highest BCUT2D eigenvalue weighted by molar-refractivity contribution is 6.00. The number of aryl methyl sites for hydroxylation is 2. The van der Waals surface area contributed by atoms with Crippen molar-refractivity contribution < 1.29 is 9.90 Å². The number of benzene rings is 2. The van der Waals surface area contributed by atoms with E-state index in [1.165, 1.54) is 11.1 Å². The Labute approximate surface area is 119 Å². The lowest BCUT2D eigenvalue weighted by atomic mass is 9.79. The molecule has 2 nitrogen and oxygen atoms in total. The maximum Gasteiger partial charge on any atom is 0.166 e. The Hall–Kier alpha value is -2.09. The summed E-state index contributed by atoms with van der Waals surface area (Å²) >= 11 is 0. The van der Waals surface area contributed by atoms with Gasteiger partial charge in [-0.2, -0.15) is 0 Å². The third-order valence-electron chi connectivity index (χ3n) is 4.05. The Balaban J connectivity index is 1.84. The summed E-state index contributed by atoms with van der Waals surface area (Å²) in [6.07, 6.45) is 2.54. The van der Waals surface area contributed by atoms with Crippen LogP contribution in [0.4, 0.5) is 0 Å². The van der Waals surface area contributed by atoms with Gasteiger partial charge in [-0.3, -0.25) is 4.79 Å². The predicted molar refractivity (Wildman–Crippen MR) is 79.1 cm³/mol. The van der Waals surface area contributed by atoms with E-state index in [-0.39, 0.29) is 17.5 Å². The second-order valence-corrected chi connectivity index (χ2v) is 5.63. The van der Waals surface area contributed by atoms with Crippen LogP contribution in [0.25, 0.3) is 0 Å². The van der Waals surface area contributed by atoms with Crippen LogP contribution in [-0.4, -0.2) is 10.9 Å². The zero-order chi connectivity index (χ0) is 14.1. The zero-order valence-corrected chi connectivity index (χ0v) is 11.6. The standard InChI is InChI=1S/C18H18O2/c1-12-3-2-4-13(9-12)10-15-6-5-14-11-16(19)7-8-17(14)18(15)20/h2-4,7-9,11,15,19H,5-6,10H2,1H3. The molecular weight excluding hydrogens is 248 g/mol. The first-order valence-electron chi connectivity index (χ1n) is 7.05. The first-order chi connectivity index (χ1) is 9.63. The molecule has 2 aromatic carbocycles. The molecule has 1 aliphatic rings. The van der Waals surface area contributed by atoms with Gasteiger partial charge < -0.3 is 5.11 Å². The second-order valence-electron chi connectivity index (χ2n) is 5.63. The molecule has 20 heavy (non-hydrogen) atoms. The first kappa shape index (κ1) is 12.9. The number of carbonyl (C=O) groups is 1. The Morgan fingerprint density at radius 1 is 1.20 bits per heavy atom. The number of phenolic OH excluding ortho intramolecular Hbond substituents is 1. The molecule has 0 radical (unpaired) electrons. The summed E-state index contributed by atoms with van der Waals surface area (Å²) in [4.78, 5) is 12.5. The Morgan fingerprint density at radius 2 is 2.05 bits per heavy atom. The maximum absolute atomic E-state index is 12.5. The summed E-state index contributed by atoms with van der Waals surface area (Å²) in [5.41, 5.74) is 4.23. The van der Waals surface area contributed by atoms with Crippen molar-refractivity contribution in [2.24, 2.45) is 5.92 Å².